The molecule has 0 atom stereocenters. The van der Waals surface area contributed by atoms with Crippen LogP contribution in [0, 0.1) is 5.92 Å². The highest BCUT2D eigenvalue weighted by molar-refractivity contribution is 7.89. The topological polar surface area (TPSA) is 84.6 Å². The van der Waals surface area contributed by atoms with Crippen LogP contribution in [0.4, 0.5) is 5.69 Å². The van der Waals surface area contributed by atoms with E-state index < -0.39 is 10.0 Å². The molecular weight excluding hydrogens is 378 g/mol. The number of rotatable bonds is 5. The Labute approximate surface area is 165 Å². The van der Waals surface area contributed by atoms with Crippen LogP contribution in [0.3, 0.4) is 0 Å². The Kier molecular flexibility index (Phi) is 5.26. The summed E-state index contributed by atoms with van der Waals surface area (Å²) in [7, 11) is -3.01. The van der Waals surface area contributed by atoms with Gasteiger partial charge in [0.2, 0.25) is 10.0 Å². The third kappa shape index (κ3) is 3.72. The van der Waals surface area contributed by atoms with E-state index in [0.717, 1.165) is 49.9 Å². The summed E-state index contributed by atoms with van der Waals surface area (Å²) in [5.41, 5.74) is 2.37. The molecule has 2 fully saturated rings. The van der Waals surface area contributed by atoms with Crippen molar-refractivity contribution in [3.05, 3.63) is 28.7 Å². The van der Waals surface area contributed by atoms with Gasteiger partial charge in [0.15, 0.2) is 5.58 Å². The number of nitrogens with one attached hydrogen (secondary N) is 1. The molecule has 2 heterocycles. The van der Waals surface area contributed by atoms with Crippen LogP contribution in [0.2, 0.25) is 0 Å². The van der Waals surface area contributed by atoms with Gasteiger partial charge in [0.1, 0.15) is 0 Å². The van der Waals surface area contributed by atoms with Crippen molar-refractivity contribution in [3.8, 4) is 0 Å². The maximum atomic E-state index is 12.1. The molecule has 0 radical (unpaired) electrons. The molecule has 1 aliphatic carbocycles. The second kappa shape index (κ2) is 7.55. The lowest BCUT2D eigenvalue weighted by molar-refractivity contribution is 0.229. The average molecular weight is 408 g/mol. The van der Waals surface area contributed by atoms with Crippen molar-refractivity contribution >= 4 is 26.8 Å². The Hall–Kier alpha value is -1.80. The lowest BCUT2D eigenvalue weighted by Crippen LogP contribution is -2.39. The van der Waals surface area contributed by atoms with Crippen LogP contribution in [-0.4, -0.2) is 42.2 Å². The van der Waals surface area contributed by atoms with Gasteiger partial charge in [-0.1, -0.05) is 0 Å². The van der Waals surface area contributed by atoms with Crippen LogP contribution in [0.1, 0.15) is 52.0 Å². The average Bonchev–Trinajstić information content (AvgIpc) is 3.17. The minimum atomic E-state index is -3.01. The second-order valence-electron chi connectivity index (χ2n) is 8.35. The Morgan fingerprint density at radius 3 is 2.61 bits per heavy atom. The van der Waals surface area contributed by atoms with Gasteiger partial charge in [-0.25, -0.2) is 13.2 Å². The first-order chi connectivity index (χ1) is 13.3. The zero-order chi connectivity index (χ0) is 19.9. The Bertz CT molecular complexity index is 1000. The maximum Gasteiger partial charge on any atom is 0.420 e. The number of oxazole rings is 1. The standard InChI is InChI=1S/C20H29N3O4S/c1-14(2)23-18-9-6-16(12-19(18)27-20(23)24)21-13-15-4-7-17(8-5-15)22-10-3-11-28(22,25)26/h6,9,12,14-15,17,21H,3-5,7-8,10-11,13H2,1-2H3. The van der Waals surface area contributed by atoms with E-state index in [1.165, 1.54) is 0 Å². The van der Waals surface area contributed by atoms with Crippen molar-refractivity contribution in [2.24, 2.45) is 5.92 Å². The molecule has 4 rings (SSSR count). The van der Waals surface area contributed by atoms with Crippen LogP contribution in [-0.2, 0) is 10.0 Å². The molecule has 28 heavy (non-hydrogen) atoms. The summed E-state index contributed by atoms with van der Waals surface area (Å²) in [4.78, 5) is 12.0. The summed E-state index contributed by atoms with van der Waals surface area (Å²) in [6.07, 6.45) is 4.71. The molecule has 1 aromatic heterocycles. The number of anilines is 1. The molecular formula is C20H29N3O4S. The van der Waals surface area contributed by atoms with Crippen LogP contribution in [0.15, 0.2) is 27.4 Å². The summed E-state index contributed by atoms with van der Waals surface area (Å²) in [5, 5.41) is 3.46. The number of sulfonamides is 1. The number of nitrogens with zero attached hydrogens (tertiary/aromatic N) is 2. The molecule has 1 aromatic carbocycles. The van der Waals surface area contributed by atoms with Gasteiger partial charge in [0.25, 0.3) is 0 Å². The van der Waals surface area contributed by atoms with E-state index in [1.54, 1.807) is 8.87 Å². The number of fused-ring (bicyclic) bond motifs is 1. The van der Waals surface area contributed by atoms with E-state index in [9.17, 15) is 13.2 Å². The molecule has 1 saturated heterocycles. The summed E-state index contributed by atoms with van der Waals surface area (Å²) < 4.78 is 33.0. The fraction of sp³-hybridized carbons (Fsp3) is 0.650. The number of aromatic nitrogens is 1. The normalized spacial score (nSPS) is 25.5. The quantitative estimate of drug-likeness (QED) is 0.823. The summed E-state index contributed by atoms with van der Waals surface area (Å²) in [6.45, 7) is 5.47. The first kappa shape index (κ1) is 19.5. The first-order valence-corrected chi connectivity index (χ1v) is 11.8. The van der Waals surface area contributed by atoms with Crippen LogP contribution in [0.5, 0.6) is 0 Å². The zero-order valence-electron chi connectivity index (χ0n) is 16.6. The van der Waals surface area contributed by atoms with Crippen LogP contribution in [0.25, 0.3) is 11.1 Å². The van der Waals surface area contributed by atoms with Crippen molar-refractivity contribution < 1.29 is 12.8 Å². The molecule has 2 aromatic rings. The van der Waals surface area contributed by atoms with Crippen LogP contribution < -0.4 is 11.1 Å². The Morgan fingerprint density at radius 1 is 1.21 bits per heavy atom. The van der Waals surface area contributed by atoms with E-state index >= 15 is 0 Å². The molecule has 2 aliphatic rings. The molecule has 0 spiro atoms. The third-order valence-electron chi connectivity index (χ3n) is 6.09. The van der Waals surface area contributed by atoms with Gasteiger partial charge in [-0.2, -0.15) is 4.31 Å². The van der Waals surface area contributed by atoms with Crippen molar-refractivity contribution in [1.29, 1.82) is 0 Å². The summed E-state index contributed by atoms with van der Waals surface area (Å²) >= 11 is 0. The highest BCUT2D eigenvalue weighted by atomic mass is 32.2. The van der Waals surface area contributed by atoms with Crippen molar-refractivity contribution in [2.45, 2.75) is 58.0 Å². The number of hydrogen-bond acceptors (Lipinski definition) is 5. The first-order valence-electron chi connectivity index (χ1n) is 10.2. The SMILES string of the molecule is CC(C)n1c(=O)oc2cc(NCC3CCC(N4CCCS4(=O)=O)CC3)ccc21. The van der Waals surface area contributed by atoms with Gasteiger partial charge in [0.05, 0.1) is 11.3 Å². The molecule has 1 saturated carbocycles. The molecule has 0 amide bonds. The number of benzene rings is 1. The fourth-order valence-electron chi connectivity index (χ4n) is 4.60. The highest BCUT2D eigenvalue weighted by Crippen LogP contribution is 2.31. The lowest BCUT2D eigenvalue weighted by atomic mass is 9.86. The van der Waals surface area contributed by atoms with Gasteiger partial charge < -0.3 is 9.73 Å². The molecule has 1 N–H and O–H groups in total. The van der Waals surface area contributed by atoms with Gasteiger partial charge in [-0.15, -0.1) is 0 Å². The Balaban J connectivity index is 1.35. The van der Waals surface area contributed by atoms with E-state index in [2.05, 4.69) is 5.32 Å². The van der Waals surface area contributed by atoms with E-state index in [4.69, 9.17) is 4.42 Å². The minimum Gasteiger partial charge on any atom is -0.408 e. The predicted octanol–water partition coefficient (Wildman–Crippen LogP) is 3.18. The molecule has 8 heteroatoms. The van der Waals surface area contributed by atoms with Gasteiger partial charge in [-0.3, -0.25) is 4.57 Å². The van der Waals surface area contributed by atoms with Gasteiger partial charge >= 0.3 is 5.76 Å². The monoisotopic (exact) mass is 407 g/mol. The number of hydrogen-bond donors (Lipinski definition) is 1. The van der Waals surface area contributed by atoms with Crippen LogP contribution >= 0.6 is 0 Å². The lowest BCUT2D eigenvalue weighted by Gasteiger charge is -2.33. The van der Waals surface area contributed by atoms with Gasteiger partial charge in [-0.05, 0) is 64.0 Å². The Morgan fingerprint density at radius 2 is 1.96 bits per heavy atom. The van der Waals surface area contributed by atoms with Crippen molar-refractivity contribution in [2.75, 3.05) is 24.2 Å². The summed E-state index contributed by atoms with van der Waals surface area (Å²) in [6, 6.07) is 6.04. The zero-order valence-corrected chi connectivity index (χ0v) is 17.4. The maximum absolute atomic E-state index is 12.1. The van der Waals surface area contributed by atoms with E-state index in [0.29, 0.717) is 23.8 Å². The molecule has 0 unspecified atom stereocenters. The molecule has 1 aliphatic heterocycles. The van der Waals surface area contributed by atoms with Crippen molar-refractivity contribution in [1.82, 2.24) is 8.87 Å². The van der Waals surface area contributed by atoms with Crippen molar-refractivity contribution in [3.63, 3.8) is 0 Å². The third-order valence-corrected chi connectivity index (χ3v) is 8.09. The fourth-order valence-corrected chi connectivity index (χ4v) is 6.40. The van der Waals surface area contributed by atoms with Gasteiger partial charge in [0, 0.05) is 36.9 Å². The second-order valence-corrected chi connectivity index (χ2v) is 10.4. The molecule has 7 nitrogen and oxygen atoms in total. The van der Waals surface area contributed by atoms with E-state index in [1.807, 2.05) is 32.0 Å². The smallest absolute Gasteiger partial charge is 0.408 e. The van der Waals surface area contributed by atoms with E-state index in [-0.39, 0.29) is 17.8 Å². The largest absolute Gasteiger partial charge is 0.420 e. The molecule has 154 valence electrons. The highest BCUT2D eigenvalue weighted by Gasteiger charge is 2.36. The summed E-state index contributed by atoms with van der Waals surface area (Å²) in [5.74, 6) is 0.521. The predicted molar refractivity (Wildman–Crippen MR) is 110 cm³/mol. The molecule has 0 bridgehead atoms. The minimum absolute atomic E-state index is 0.0576.